The standard InChI is InChI=1S/C9H9BrFNO/c1-6(10)12-9(13)7-2-4-8(11)5-3-7/h2-6H,1H3,(H,12,13). The molecule has 0 saturated carbocycles. The fourth-order valence-electron chi connectivity index (χ4n) is 0.865. The maximum atomic E-state index is 12.5. The Kier molecular flexibility index (Phi) is 3.42. The van der Waals surface area contributed by atoms with Gasteiger partial charge in [0, 0.05) is 5.56 Å². The zero-order valence-corrected chi connectivity index (χ0v) is 8.64. The van der Waals surface area contributed by atoms with E-state index in [4.69, 9.17) is 0 Å². The van der Waals surface area contributed by atoms with Crippen LogP contribution in [-0.2, 0) is 0 Å². The lowest BCUT2D eigenvalue weighted by Crippen LogP contribution is -2.28. The van der Waals surface area contributed by atoms with E-state index in [0.29, 0.717) is 5.56 Å². The number of hydrogen-bond donors (Lipinski definition) is 1. The van der Waals surface area contributed by atoms with Crippen molar-refractivity contribution in [1.29, 1.82) is 0 Å². The van der Waals surface area contributed by atoms with Crippen molar-refractivity contribution in [2.45, 2.75) is 11.9 Å². The second-order valence-corrected chi connectivity index (χ2v) is 3.97. The molecule has 0 heterocycles. The largest absolute Gasteiger partial charge is 0.340 e. The normalized spacial score (nSPS) is 12.2. The quantitative estimate of drug-likeness (QED) is 0.629. The summed E-state index contributed by atoms with van der Waals surface area (Å²) in [6.07, 6.45) is 0. The van der Waals surface area contributed by atoms with Crippen molar-refractivity contribution in [3.8, 4) is 0 Å². The smallest absolute Gasteiger partial charge is 0.252 e. The first kappa shape index (κ1) is 10.2. The topological polar surface area (TPSA) is 29.1 Å². The number of benzene rings is 1. The van der Waals surface area contributed by atoms with Crippen molar-refractivity contribution in [2.75, 3.05) is 0 Å². The average Bonchev–Trinajstić information content (AvgIpc) is 2.04. The number of carbonyl (C=O) groups excluding carboxylic acids is 1. The fourth-order valence-corrected chi connectivity index (χ4v) is 1.07. The molecule has 2 nitrogen and oxygen atoms in total. The highest BCUT2D eigenvalue weighted by molar-refractivity contribution is 9.09. The Hall–Kier alpha value is -0.900. The summed E-state index contributed by atoms with van der Waals surface area (Å²) < 4.78 is 12.5. The molecule has 1 aromatic rings. The molecule has 0 bridgehead atoms. The molecule has 1 atom stereocenters. The summed E-state index contributed by atoms with van der Waals surface area (Å²) in [5.74, 6) is -0.562. The van der Waals surface area contributed by atoms with Gasteiger partial charge in [0.1, 0.15) is 5.82 Å². The van der Waals surface area contributed by atoms with E-state index in [2.05, 4.69) is 21.2 Å². The maximum Gasteiger partial charge on any atom is 0.252 e. The predicted molar refractivity (Wildman–Crippen MR) is 52.3 cm³/mol. The number of nitrogens with one attached hydrogen (secondary N) is 1. The van der Waals surface area contributed by atoms with Gasteiger partial charge in [-0.2, -0.15) is 0 Å². The Morgan fingerprint density at radius 3 is 2.46 bits per heavy atom. The van der Waals surface area contributed by atoms with Crippen LogP contribution in [0.25, 0.3) is 0 Å². The van der Waals surface area contributed by atoms with E-state index in [-0.39, 0.29) is 16.7 Å². The SMILES string of the molecule is CC(Br)NC(=O)c1ccc(F)cc1. The molecule has 0 fully saturated rings. The van der Waals surface area contributed by atoms with Crippen LogP contribution >= 0.6 is 15.9 Å². The summed E-state index contributed by atoms with van der Waals surface area (Å²) in [6.45, 7) is 1.79. The van der Waals surface area contributed by atoms with E-state index >= 15 is 0 Å². The van der Waals surface area contributed by atoms with Gasteiger partial charge in [0.15, 0.2) is 0 Å². The van der Waals surface area contributed by atoms with Gasteiger partial charge in [-0.3, -0.25) is 4.79 Å². The monoisotopic (exact) mass is 245 g/mol. The van der Waals surface area contributed by atoms with E-state index in [0.717, 1.165) is 0 Å². The molecule has 0 aliphatic heterocycles. The van der Waals surface area contributed by atoms with Gasteiger partial charge in [-0.1, -0.05) is 15.9 Å². The third-order valence-corrected chi connectivity index (χ3v) is 1.67. The molecule has 1 aromatic carbocycles. The van der Waals surface area contributed by atoms with Crippen LogP contribution in [0.5, 0.6) is 0 Å². The summed E-state index contributed by atoms with van der Waals surface area (Å²) in [4.78, 5) is 11.2. The molecule has 4 heteroatoms. The van der Waals surface area contributed by atoms with Crippen molar-refractivity contribution < 1.29 is 9.18 Å². The first-order valence-corrected chi connectivity index (χ1v) is 4.71. The van der Waals surface area contributed by atoms with Crippen LogP contribution in [-0.4, -0.2) is 10.9 Å². The number of rotatable bonds is 2. The highest BCUT2D eigenvalue weighted by atomic mass is 79.9. The lowest BCUT2D eigenvalue weighted by molar-refractivity contribution is 0.0952. The van der Waals surface area contributed by atoms with Crippen molar-refractivity contribution in [2.24, 2.45) is 0 Å². The number of carbonyl (C=O) groups is 1. The molecule has 13 heavy (non-hydrogen) atoms. The first-order chi connectivity index (χ1) is 6.09. The number of halogens is 2. The molecule has 0 aliphatic rings. The molecule has 1 amide bonds. The predicted octanol–water partition coefficient (Wildman–Crippen LogP) is 2.30. The van der Waals surface area contributed by atoms with Gasteiger partial charge < -0.3 is 5.32 Å². The van der Waals surface area contributed by atoms with Gasteiger partial charge in [0.25, 0.3) is 5.91 Å². The molecule has 1 unspecified atom stereocenters. The molecular formula is C9H9BrFNO. The number of amides is 1. The minimum Gasteiger partial charge on any atom is -0.340 e. The van der Waals surface area contributed by atoms with E-state index in [9.17, 15) is 9.18 Å². The Morgan fingerprint density at radius 1 is 1.46 bits per heavy atom. The van der Waals surface area contributed by atoms with E-state index in [1.54, 1.807) is 6.92 Å². The van der Waals surface area contributed by atoms with Gasteiger partial charge in [-0.25, -0.2) is 4.39 Å². The van der Waals surface area contributed by atoms with Crippen LogP contribution in [0.4, 0.5) is 4.39 Å². The van der Waals surface area contributed by atoms with Gasteiger partial charge in [0.05, 0.1) is 4.95 Å². The molecule has 1 rings (SSSR count). The molecule has 0 radical (unpaired) electrons. The minimum atomic E-state index is -0.344. The average molecular weight is 246 g/mol. The second-order valence-electron chi connectivity index (χ2n) is 2.60. The minimum absolute atomic E-state index is 0.0925. The van der Waals surface area contributed by atoms with Crippen LogP contribution in [0, 0.1) is 5.82 Å². The second kappa shape index (κ2) is 4.37. The highest BCUT2D eigenvalue weighted by Crippen LogP contribution is 2.03. The zero-order chi connectivity index (χ0) is 9.84. The van der Waals surface area contributed by atoms with Crippen LogP contribution in [0.2, 0.25) is 0 Å². The summed E-state index contributed by atoms with van der Waals surface area (Å²) in [6, 6.07) is 5.40. The molecule has 1 N–H and O–H groups in total. The summed E-state index contributed by atoms with van der Waals surface area (Å²) >= 11 is 3.18. The molecule has 0 aliphatic carbocycles. The van der Waals surface area contributed by atoms with E-state index < -0.39 is 0 Å². The molecule has 70 valence electrons. The third-order valence-electron chi connectivity index (χ3n) is 1.44. The molecular weight excluding hydrogens is 237 g/mol. The van der Waals surface area contributed by atoms with E-state index in [1.165, 1.54) is 24.3 Å². The Bertz CT molecular complexity index is 297. The maximum absolute atomic E-state index is 12.5. The Morgan fingerprint density at radius 2 is 2.00 bits per heavy atom. The number of alkyl halides is 1. The first-order valence-electron chi connectivity index (χ1n) is 3.80. The van der Waals surface area contributed by atoms with Gasteiger partial charge in [-0.05, 0) is 31.2 Å². The summed E-state index contributed by atoms with van der Waals surface area (Å²) in [7, 11) is 0. The number of hydrogen-bond acceptors (Lipinski definition) is 1. The molecule has 0 spiro atoms. The zero-order valence-electron chi connectivity index (χ0n) is 7.05. The van der Waals surface area contributed by atoms with Crippen LogP contribution in [0.3, 0.4) is 0 Å². The van der Waals surface area contributed by atoms with Crippen molar-refractivity contribution in [3.05, 3.63) is 35.6 Å². The Balaban J connectivity index is 2.72. The fraction of sp³-hybridized carbons (Fsp3) is 0.222. The van der Waals surface area contributed by atoms with Crippen molar-refractivity contribution >= 4 is 21.8 Å². The third kappa shape index (κ3) is 3.14. The van der Waals surface area contributed by atoms with Crippen molar-refractivity contribution in [1.82, 2.24) is 5.32 Å². The summed E-state index contributed by atoms with van der Waals surface area (Å²) in [5, 5.41) is 2.63. The highest BCUT2D eigenvalue weighted by Gasteiger charge is 2.06. The van der Waals surface area contributed by atoms with Gasteiger partial charge in [-0.15, -0.1) is 0 Å². The Labute approximate surface area is 84.3 Å². The molecule has 0 saturated heterocycles. The van der Waals surface area contributed by atoms with Crippen LogP contribution in [0.1, 0.15) is 17.3 Å². The van der Waals surface area contributed by atoms with Crippen LogP contribution in [0.15, 0.2) is 24.3 Å². The van der Waals surface area contributed by atoms with E-state index in [1.807, 2.05) is 0 Å². The van der Waals surface area contributed by atoms with Crippen molar-refractivity contribution in [3.63, 3.8) is 0 Å². The lowest BCUT2D eigenvalue weighted by Gasteiger charge is -2.06. The van der Waals surface area contributed by atoms with Crippen LogP contribution < -0.4 is 5.32 Å². The molecule has 0 aromatic heterocycles. The summed E-state index contributed by atoms with van der Waals surface area (Å²) in [5.41, 5.74) is 0.452. The lowest BCUT2D eigenvalue weighted by atomic mass is 10.2. The van der Waals surface area contributed by atoms with Gasteiger partial charge >= 0.3 is 0 Å². The van der Waals surface area contributed by atoms with Gasteiger partial charge in [0.2, 0.25) is 0 Å².